The van der Waals surface area contributed by atoms with Crippen LogP contribution in [0.15, 0.2) is 88.2 Å². The van der Waals surface area contributed by atoms with Crippen LogP contribution in [0.2, 0.25) is 5.02 Å². The molecule has 1 atom stereocenters. The summed E-state index contributed by atoms with van der Waals surface area (Å²) in [6.45, 7) is 5.30. The summed E-state index contributed by atoms with van der Waals surface area (Å²) in [6, 6.07) is 20.2. The van der Waals surface area contributed by atoms with Crippen molar-refractivity contribution in [3.8, 4) is 0 Å². The molecule has 1 N–H and O–H groups in total. The zero-order valence-corrected chi connectivity index (χ0v) is 26.3. The number of quaternary nitrogens is 1. The number of hydrogen-bond acceptors (Lipinski definition) is 8. The molecular weight excluding hydrogens is 614 g/mol. The quantitative estimate of drug-likeness (QED) is 0.188. The summed E-state index contributed by atoms with van der Waals surface area (Å²) in [5.74, 6) is -0.576. The van der Waals surface area contributed by atoms with E-state index in [-0.39, 0.29) is 23.4 Å². The number of benzene rings is 3. The van der Waals surface area contributed by atoms with E-state index in [9.17, 15) is 19.7 Å². The van der Waals surface area contributed by atoms with E-state index >= 15 is 0 Å². The molecule has 1 fully saturated rings. The monoisotopic (exact) mass is 644 g/mol. The summed E-state index contributed by atoms with van der Waals surface area (Å²) < 4.78 is 7.37. The topological polar surface area (TPSA) is 111 Å². The number of fused-ring (bicyclic) bond motifs is 1. The summed E-state index contributed by atoms with van der Waals surface area (Å²) in [4.78, 5) is 48.2. The lowest BCUT2D eigenvalue weighted by atomic mass is 9.93. The lowest BCUT2D eigenvalue weighted by molar-refractivity contribution is -0.880. The molecule has 1 aromatic heterocycles. The molecule has 4 aromatic rings. The fraction of sp³-hybridized carbons (Fsp3) is 0.242. The number of anilines is 1. The van der Waals surface area contributed by atoms with Crippen molar-refractivity contribution in [1.82, 2.24) is 4.57 Å². The number of nitro benzene ring substituents is 1. The third kappa shape index (κ3) is 6.06. The van der Waals surface area contributed by atoms with E-state index in [1.807, 2.05) is 30.3 Å². The fourth-order valence-corrected chi connectivity index (χ4v) is 6.85. The average Bonchev–Trinajstić information content (AvgIpc) is 3.35. The lowest BCUT2D eigenvalue weighted by Crippen LogP contribution is -3.12. The van der Waals surface area contributed by atoms with E-state index in [0.717, 1.165) is 31.9 Å². The number of nitrogens with one attached hydrogen (secondary N) is 1. The molecular formula is C33H31ClN5O5S+. The van der Waals surface area contributed by atoms with Gasteiger partial charge in [0.05, 0.1) is 66.6 Å². The molecule has 10 nitrogen and oxygen atoms in total. The number of aromatic nitrogens is 1. The number of ether oxygens (including phenoxy) is 1. The summed E-state index contributed by atoms with van der Waals surface area (Å²) in [6.07, 6.45) is 1.70. The maximum absolute atomic E-state index is 14.3. The van der Waals surface area contributed by atoms with Crippen molar-refractivity contribution in [2.75, 3.05) is 44.7 Å². The standard InChI is InChI=1S/C33H30ClN5O5S/c1-3-44-32(41)28-29(21-7-5-4-6-8-21)35-33-38(30(28)22-9-11-24(34)12-10-22)31(40)27(45-33)20-23-19-25(39(42)43)13-14-26(23)37-17-15-36(2)16-18-37/h4-14,19-20,30H,3,15-18H2,1-2H3/p+1/b27-20+/t30-/m1/s1. The van der Waals surface area contributed by atoms with Crippen LogP contribution in [0.4, 0.5) is 11.4 Å². The van der Waals surface area contributed by atoms with E-state index in [1.165, 1.54) is 32.9 Å². The number of esters is 1. The van der Waals surface area contributed by atoms with Crippen molar-refractivity contribution in [2.45, 2.75) is 13.0 Å². The lowest BCUT2D eigenvalue weighted by Gasteiger charge is -2.32. The number of hydrogen-bond donors (Lipinski definition) is 1. The van der Waals surface area contributed by atoms with Crippen molar-refractivity contribution >= 4 is 52.1 Å². The number of thiazole rings is 1. The molecule has 0 bridgehead atoms. The maximum Gasteiger partial charge on any atom is 0.338 e. The van der Waals surface area contributed by atoms with Gasteiger partial charge < -0.3 is 14.5 Å². The Kier molecular flexibility index (Phi) is 8.66. The van der Waals surface area contributed by atoms with Crippen LogP contribution < -0.4 is 24.7 Å². The maximum atomic E-state index is 14.3. The molecule has 0 unspecified atom stereocenters. The predicted molar refractivity (Wildman–Crippen MR) is 174 cm³/mol. The second-order valence-corrected chi connectivity index (χ2v) is 12.4. The van der Waals surface area contributed by atoms with Crippen LogP contribution in [0.1, 0.15) is 29.7 Å². The summed E-state index contributed by atoms with van der Waals surface area (Å²) in [7, 11) is 2.14. The van der Waals surface area contributed by atoms with Crippen LogP contribution in [-0.4, -0.2) is 55.3 Å². The Labute approximate surface area is 267 Å². The van der Waals surface area contributed by atoms with Crippen LogP contribution in [0, 0.1) is 10.1 Å². The normalized spacial score (nSPS) is 17.2. The second kappa shape index (κ2) is 12.8. The van der Waals surface area contributed by atoms with Crippen LogP contribution >= 0.6 is 22.9 Å². The number of nitro groups is 1. The molecule has 230 valence electrons. The molecule has 0 radical (unpaired) electrons. The first-order chi connectivity index (χ1) is 21.7. The first-order valence-corrected chi connectivity index (χ1v) is 15.8. The van der Waals surface area contributed by atoms with Crippen LogP contribution in [0.3, 0.4) is 0 Å². The zero-order valence-electron chi connectivity index (χ0n) is 24.7. The molecule has 6 rings (SSSR count). The van der Waals surface area contributed by atoms with Gasteiger partial charge in [-0.1, -0.05) is 65.4 Å². The number of nitrogens with zero attached hydrogens (tertiary/aromatic N) is 4. The van der Waals surface area contributed by atoms with Crippen molar-refractivity contribution in [3.05, 3.63) is 130 Å². The minimum absolute atomic E-state index is 0.0625. The van der Waals surface area contributed by atoms with Gasteiger partial charge in [0.15, 0.2) is 4.80 Å². The van der Waals surface area contributed by atoms with Gasteiger partial charge in [-0.25, -0.2) is 9.79 Å². The molecule has 2 aliphatic heterocycles. The molecule has 3 heterocycles. The summed E-state index contributed by atoms with van der Waals surface area (Å²) >= 11 is 7.40. The number of non-ortho nitro benzene ring substituents is 1. The minimum Gasteiger partial charge on any atom is -0.463 e. The third-order valence-electron chi connectivity index (χ3n) is 8.03. The Hall–Kier alpha value is -4.58. The Balaban J connectivity index is 1.60. The predicted octanol–water partition coefficient (Wildman–Crippen LogP) is 2.83. The van der Waals surface area contributed by atoms with Crippen molar-refractivity contribution in [3.63, 3.8) is 0 Å². The number of rotatable bonds is 7. The number of carbonyl (C=O) groups excluding carboxylic acids is 1. The number of halogens is 1. The van der Waals surface area contributed by atoms with Crippen LogP contribution in [0.5, 0.6) is 0 Å². The second-order valence-electron chi connectivity index (χ2n) is 10.9. The minimum atomic E-state index is -0.847. The van der Waals surface area contributed by atoms with Gasteiger partial charge >= 0.3 is 5.97 Å². The molecule has 12 heteroatoms. The highest BCUT2D eigenvalue weighted by Crippen LogP contribution is 2.35. The highest BCUT2D eigenvalue weighted by molar-refractivity contribution is 7.07. The Morgan fingerprint density at radius 2 is 1.84 bits per heavy atom. The van der Waals surface area contributed by atoms with Gasteiger partial charge in [-0.05, 0) is 36.8 Å². The zero-order chi connectivity index (χ0) is 31.7. The Bertz CT molecular complexity index is 1980. The van der Waals surface area contributed by atoms with Crippen molar-refractivity contribution in [2.24, 2.45) is 4.99 Å². The Morgan fingerprint density at radius 1 is 1.13 bits per heavy atom. The first-order valence-electron chi connectivity index (χ1n) is 14.6. The number of carbonyl (C=O) groups is 1. The highest BCUT2D eigenvalue weighted by Gasteiger charge is 2.35. The van der Waals surface area contributed by atoms with Gasteiger partial charge in [-0.15, -0.1) is 0 Å². The first kappa shape index (κ1) is 30.4. The third-order valence-corrected chi connectivity index (χ3v) is 9.26. The van der Waals surface area contributed by atoms with E-state index in [0.29, 0.717) is 36.7 Å². The van der Waals surface area contributed by atoms with E-state index in [1.54, 1.807) is 43.3 Å². The van der Waals surface area contributed by atoms with Gasteiger partial charge in [0.1, 0.15) is 0 Å². The average molecular weight is 645 g/mol. The highest BCUT2D eigenvalue weighted by atomic mass is 35.5. The van der Waals surface area contributed by atoms with E-state index in [2.05, 4.69) is 11.9 Å². The molecule has 0 spiro atoms. The smallest absolute Gasteiger partial charge is 0.338 e. The van der Waals surface area contributed by atoms with Crippen LogP contribution in [-0.2, 0) is 9.53 Å². The molecule has 1 saturated heterocycles. The van der Waals surface area contributed by atoms with Crippen LogP contribution in [0.25, 0.3) is 11.8 Å². The summed E-state index contributed by atoms with van der Waals surface area (Å²) in [5, 5.41) is 12.3. The SMILES string of the molecule is CCOC(=O)C1=C(c2ccccc2)N=c2s/c(=C/c3cc([N+](=O)[O-])ccc3N3CC[NH+](C)CC3)c(=O)n2[C@@H]1c1ccc(Cl)cc1. The van der Waals surface area contributed by atoms with E-state index < -0.39 is 16.9 Å². The number of piperazine rings is 1. The molecule has 3 aromatic carbocycles. The molecule has 45 heavy (non-hydrogen) atoms. The molecule has 0 amide bonds. The van der Waals surface area contributed by atoms with E-state index in [4.69, 9.17) is 21.3 Å². The molecule has 0 aliphatic carbocycles. The van der Waals surface area contributed by atoms with Gasteiger partial charge in [-0.2, -0.15) is 0 Å². The fourth-order valence-electron chi connectivity index (χ4n) is 5.73. The number of likely N-dealkylation sites (N-methyl/N-ethyl adjacent to an activating group) is 1. The molecule has 0 saturated carbocycles. The van der Waals surface area contributed by atoms with Gasteiger partial charge in [0, 0.05) is 34.0 Å². The van der Waals surface area contributed by atoms with Gasteiger partial charge in [0.2, 0.25) is 0 Å². The summed E-state index contributed by atoms with van der Waals surface area (Å²) in [5.41, 5.74) is 2.98. The Morgan fingerprint density at radius 3 is 2.51 bits per heavy atom. The van der Waals surface area contributed by atoms with Gasteiger partial charge in [0.25, 0.3) is 11.2 Å². The van der Waals surface area contributed by atoms with Crippen molar-refractivity contribution in [1.29, 1.82) is 0 Å². The van der Waals surface area contributed by atoms with Crippen molar-refractivity contribution < 1.29 is 19.4 Å². The molecule has 2 aliphatic rings. The van der Waals surface area contributed by atoms with Gasteiger partial charge in [-0.3, -0.25) is 19.5 Å². The largest absolute Gasteiger partial charge is 0.463 e.